The van der Waals surface area contributed by atoms with Crippen LogP contribution in [0.5, 0.6) is 0 Å². The number of aliphatic hydroxyl groups excluding tert-OH is 1. The maximum absolute atomic E-state index is 12.5. The zero-order chi connectivity index (χ0) is 13.2. The van der Waals surface area contributed by atoms with E-state index < -0.39 is 10.0 Å². The summed E-state index contributed by atoms with van der Waals surface area (Å²) in [5.74, 6) is 0. The molecule has 1 atom stereocenters. The van der Waals surface area contributed by atoms with Crippen LogP contribution in [0.25, 0.3) is 0 Å². The van der Waals surface area contributed by atoms with Crippen molar-refractivity contribution in [1.82, 2.24) is 13.9 Å². The van der Waals surface area contributed by atoms with Crippen molar-refractivity contribution in [3.63, 3.8) is 0 Å². The van der Waals surface area contributed by atoms with Gasteiger partial charge in [-0.15, -0.1) is 0 Å². The predicted molar refractivity (Wildman–Crippen MR) is 66.4 cm³/mol. The van der Waals surface area contributed by atoms with Crippen molar-refractivity contribution in [2.45, 2.75) is 36.8 Å². The van der Waals surface area contributed by atoms with E-state index in [9.17, 15) is 13.5 Å². The third-order valence-corrected chi connectivity index (χ3v) is 5.13. The molecular weight excluding hydrogens is 254 g/mol. The van der Waals surface area contributed by atoms with Gasteiger partial charge in [-0.1, -0.05) is 12.8 Å². The summed E-state index contributed by atoms with van der Waals surface area (Å²) in [5, 5.41) is 9.43. The fourth-order valence-electron chi connectivity index (χ4n) is 2.29. The molecule has 102 valence electrons. The number of aliphatic hydroxyl groups is 1. The lowest BCUT2D eigenvalue weighted by Gasteiger charge is -2.26. The van der Waals surface area contributed by atoms with Gasteiger partial charge in [0.25, 0.3) is 10.0 Å². The van der Waals surface area contributed by atoms with Gasteiger partial charge in [-0.2, -0.15) is 4.31 Å². The van der Waals surface area contributed by atoms with Crippen LogP contribution in [-0.2, 0) is 17.1 Å². The number of rotatable bonds is 3. The molecule has 0 aromatic carbocycles. The fraction of sp³-hybridized carbons (Fsp3) is 0.727. The third kappa shape index (κ3) is 2.57. The molecule has 0 amide bonds. The molecule has 2 rings (SSSR count). The van der Waals surface area contributed by atoms with Crippen molar-refractivity contribution in [2.75, 3.05) is 13.2 Å². The van der Waals surface area contributed by atoms with E-state index in [1.165, 1.54) is 16.8 Å². The summed E-state index contributed by atoms with van der Waals surface area (Å²) >= 11 is 0. The average Bonchev–Trinajstić information content (AvgIpc) is 2.65. The van der Waals surface area contributed by atoms with Crippen LogP contribution in [0.15, 0.2) is 17.6 Å². The lowest BCUT2D eigenvalue weighted by atomic mass is 10.1. The van der Waals surface area contributed by atoms with Crippen molar-refractivity contribution in [3.8, 4) is 0 Å². The summed E-state index contributed by atoms with van der Waals surface area (Å²) in [6, 6.07) is -0.320. The molecule has 1 aliphatic heterocycles. The maximum Gasteiger partial charge on any atom is 0.262 e. The van der Waals surface area contributed by atoms with Crippen molar-refractivity contribution in [1.29, 1.82) is 0 Å². The predicted octanol–water partition coefficient (Wildman–Crippen LogP) is 0.346. The molecule has 1 N–H and O–H groups in total. The Bertz CT molecular complexity index is 497. The molecule has 1 fully saturated rings. The molecule has 1 aromatic rings. The van der Waals surface area contributed by atoms with Gasteiger partial charge in [0.15, 0.2) is 5.03 Å². The Balaban J connectivity index is 2.32. The van der Waals surface area contributed by atoms with E-state index in [0.717, 1.165) is 19.3 Å². The molecule has 2 heterocycles. The second kappa shape index (κ2) is 5.38. The van der Waals surface area contributed by atoms with Gasteiger partial charge in [0, 0.05) is 25.8 Å². The second-order valence-electron chi connectivity index (χ2n) is 4.68. The normalized spacial score (nSPS) is 22.9. The lowest BCUT2D eigenvalue weighted by molar-refractivity contribution is 0.186. The van der Waals surface area contributed by atoms with Gasteiger partial charge in [-0.3, -0.25) is 0 Å². The molecule has 0 saturated carbocycles. The van der Waals surface area contributed by atoms with Gasteiger partial charge in [0.2, 0.25) is 0 Å². The summed E-state index contributed by atoms with van der Waals surface area (Å²) in [7, 11) is -1.85. The zero-order valence-corrected chi connectivity index (χ0v) is 11.3. The van der Waals surface area contributed by atoms with E-state index in [2.05, 4.69) is 4.98 Å². The third-order valence-electron chi connectivity index (χ3n) is 3.29. The SMILES string of the molecule is Cn1cnc(S(=O)(=O)N2CCCCCC2CO)c1. The molecule has 1 unspecified atom stereocenters. The van der Waals surface area contributed by atoms with Crippen LogP contribution in [0.4, 0.5) is 0 Å². The molecule has 1 aliphatic rings. The number of sulfonamides is 1. The van der Waals surface area contributed by atoms with Crippen LogP contribution in [0.1, 0.15) is 25.7 Å². The van der Waals surface area contributed by atoms with Crippen LogP contribution in [-0.4, -0.2) is 46.6 Å². The van der Waals surface area contributed by atoms with Crippen molar-refractivity contribution >= 4 is 10.0 Å². The van der Waals surface area contributed by atoms with E-state index in [0.29, 0.717) is 13.0 Å². The fourth-order valence-corrected chi connectivity index (χ4v) is 3.95. The maximum atomic E-state index is 12.5. The summed E-state index contributed by atoms with van der Waals surface area (Å²) in [5.41, 5.74) is 0. The summed E-state index contributed by atoms with van der Waals surface area (Å²) in [4.78, 5) is 3.91. The largest absolute Gasteiger partial charge is 0.395 e. The van der Waals surface area contributed by atoms with Gasteiger partial charge in [-0.25, -0.2) is 13.4 Å². The van der Waals surface area contributed by atoms with Gasteiger partial charge < -0.3 is 9.67 Å². The minimum Gasteiger partial charge on any atom is -0.395 e. The van der Waals surface area contributed by atoms with Crippen LogP contribution >= 0.6 is 0 Å². The Morgan fingerprint density at radius 1 is 1.44 bits per heavy atom. The highest BCUT2D eigenvalue weighted by atomic mass is 32.2. The topological polar surface area (TPSA) is 75.4 Å². The van der Waals surface area contributed by atoms with E-state index in [4.69, 9.17) is 0 Å². The van der Waals surface area contributed by atoms with Crippen LogP contribution < -0.4 is 0 Å². The first kappa shape index (κ1) is 13.5. The smallest absolute Gasteiger partial charge is 0.262 e. The van der Waals surface area contributed by atoms with E-state index in [1.807, 2.05) is 0 Å². The van der Waals surface area contributed by atoms with Crippen molar-refractivity contribution < 1.29 is 13.5 Å². The summed E-state index contributed by atoms with van der Waals surface area (Å²) in [6.45, 7) is 0.330. The number of aromatic nitrogens is 2. The Morgan fingerprint density at radius 2 is 2.22 bits per heavy atom. The quantitative estimate of drug-likeness (QED) is 0.862. The number of hydrogen-bond acceptors (Lipinski definition) is 4. The molecule has 1 aromatic heterocycles. The molecule has 1 saturated heterocycles. The number of imidazole rings is 1. The van der Waals surface area contributed by atoms with Gasteiger partial charge in [-0.05, 0) is 12.8 Å². The number of hydrogen-bond donors (Lipinski definition) is 1. The highest BCUT2D eigenvalue weighted by Gasteiger charge is 2.33. The molecule has 0 bridgehead atoms. The average molecular weight is 273 g/mol. The van der Waals surface area contributed by atoms with Gasteiger partial charge in [0.1, 0.15) is 0 Å². The second-order valence-corrected chi connectivity index (χ2v) is 6.52. The highest BCUT2D eigenvalue weighted by Crippen LogP contribution is 2.23. The molecule has 0 radical (unpaired) electrons. The monoisotopic (exact) mass is 273 g/mol. The molecule has 0 spiro atoms. The van der Waals surface area contributed by atoms with Crippen molar-refractivity contribution in [2.24, 2.45) is 7.05 Å². The molecule has 18 heavy (non-hydrogen) atoms. The molecular formula is C11H19N3O3S. The van der Waals surface area contributed by atoms with Gasteiger partial charge >= 0.3 is 0 Å². The van der Waals surface area contributed by atoms with Crippen LogP contribution in [0.2, 0.25) is 0 Å². The van der Waals surface area contributed by atoms with E-state index in [1.54, 1.807) is 11.6 Å². The minimum atomic E-state index is -3.58. The Kier molecular flexibility index (Phi) is 4.04. The Labute approximate surface area is 107 Å². The van der Waals surface area contributed by atoms with E-state index >= 15 is 0 Å². The first-order valence-corrected chi connectivity index (χ1v) is 7.60. The highest BCUT2D eigenvalue weighted by molar-refractivity contribution is 7.89. The summed E-state index contributed by atoms with van der Waals surface area (Å²) < 4.78 is 27.9. The first-order valence-electron chi connectivity index (χ1n) is 6.16. The van der Waals surface area contributed by atoms with Crippen LogP contribution in [0, 0.1) is 0 Å². The number of nitrogens with zero attached hydrogens (tertiary/aromatic N) is 3. The Morgan fingerprint density at radius 3 is 2.83 bits per heavy atom. The lowest BCUT2D eigenvalue weighted by Crippen LogP contribution is -2.42. The minimum absolute atomic E-state index is 0.0605. The van der Waals surface area contributed by atoms with Crippen molar-refractivity contribution in [3.05, 3.63) is 12.5 Å². The molecule has 6 nitrogen and oxygen atoms in total. The molecule has 7 heteroatoms. The standard InChI is InChI=1S/C11H19N3O3S/c1-13-7-11(12-9-13)18(16,17)14-6-4-2-3-5-10(14)8-15/h7,9-10,15H,2-6,8H2,1H3. The molecule has 0 aliphatic carbocycles. The van der Waals surface area contributed by atoms with E-state index in [-0.39, 0.29) is 17.7 Å². The summed E-state index contributed by atoms with van der Waals surface area (Å²) in [6.07, 6.45) is 6.47. The zero-order valence-electron chi connectivity index (χ0n) is 10.5. The van der Waals surface area contributed by atoms with Gasteiger partial charge in [0.05, 0.1) is 12.9 Å². The number of aryl methyl sites for hydroxylation is 1. The Hall–Kier alpha value is -0.920. The van der Waals surface area contributed by atoms with Crippen LogP contribution in [0.3, 0.4) is 0 Å². The first-order chi connectivity index (χ1) is 8.55.